The Labute approximate surface area is 336 Å². The van der Waals surface area contributed by atoms with Crippen molar-refractivity contribution in [2.75, 3.05) is 0 Å². The first kappa shape index (κ1) is 33.9. The Balaban J connectivity index is 0.928. The van der Waals surface area contributed by atoms with Crippen molar-refractivity contribution in [3.8, 4) is 67.8 Å². The van der Waals surface area contributed by atoms with Crippen molar-refractivity contribution in [1.29, 1.82) is 0 Å². The molecule has 3 aromatic heterocycles. The fourth-order valence-corrected chi connectivity index (χ4v) is 8.46. The number of allylic oxidation sites excluding steroid dienone is 4. The Morgan fingerprint density at radius 3 is 1.83 bits per heavy atom. The first-order valence-electron chi connectivity index (χ1n) is 19.8. The number of aromatic nitrogens is 7. The van der Waals surface area contributed by atoms with E-state index >= 15 is 0 Å². The van der Waals surface area contributed by atoms with E-state index in [4.69, 9.17) is 30.0 Å². The van der Waals surface area contributed by atoms with Crippen LogP contribution >= 0.6 is 0 Å². The lowest BCUT2D eigenvalue weighted by Gasteiger charge is -2.21. The molecule has 11 rings (SSSR count). The topological polar surface area (TPSA) is 81.8 Å². The van der Waals surface area contributed by atoms with Gasteiger partial charge >= 0.3 is 0 Å². The Hall–Kier alpha value is -7.38. The van der Waals surface area contributed by atoms with E-state index < -0.39 is 0 Å². The molecule has 0 saturated carbocycles. The predicted octanol–water partition coefficient (Wildman–Crippen LogP) is 11.8. The van der Waals surface area contributed by atoms with E-state index in [1.54, 1.807) is 0 Å². The second-order valence-electron chi connectivity index (χ2n) is 15.5. The highest BCUT2D eigenvalue weighted by Crippen LogP contribution is 2.49. The molecule has 3 heterocycles. The molecule has 276 valence electrons. The van der Waals surface area contributed by atoms with Crippen molar-refractivity contribution >= 4 is 22.1 Å². The van der Waals surface area contributed by atoms with E-state index in [0.717, 1.165) is 74.2 Å². The molecule has 7 nitrogen and oxygen atoms in total. The molecule has 2 aliphatic rings. The van der Waals surface area contributed by atoms with Crippen LogP contribution in [0.5, 0.6) is 0 Å². The first-order chi connectivity index (χ1) is 28.5. The van der Waals surface area contributed by atoms with Crippen molar-refractivity contribution in [3.63, 3.8) is 0 Å². The van der Waals surface area contributed by atoms with Gasteiger partial charge in [0.05, 0.1) is 5.52 Å². The lowest BCUT2D eigenvalue weighted by atomic mass is 9.82. The van der Waals surface area contributed by atoms with Gasteiger partial charge in [0.25, 0.3) is 0 Å². The molecule has 0 saturated heterocycles. The molecule has 0 fully saturated rings. The van der Waals surface area contributed by atoms with Gasteiger partial charge in [0, 0.05) is 38.6 Å². The Kier molecular flexibility index (Phi) is 7.83. The molecule has 0 bridgehead atoms. The van der Waals surface area contributed by atoms with Gasteiger partial charge in [0.2, 0.25) is 0 Å². The molecular formula is C51H37N7. The van der Waals surface area contributed by atoms with E-state index in [0.29, 0.717) is 23.3 Å². The molecule has 0 radical (unpaired) electrons. The fraction of sp³-hybridized carbons (Fsp3) is 0.0980. The van der Waals surface area contributed by atoms with Crippen LogP contribution in [0.15, 0.2) is 164 Å². The van der Waals surface area contributed by atoms with Gasteiger partial charge in [-0.15, -0.1) is 5.10 Å². The van der Waals surface area contributed by atoms with Gasteiger partial charge in [0.1, 0.15) is 0 Å². The zero-order chi connectivity index (χ0) is 38.8. The fourth-order valence-electron chi connectivity index (χ4n) is 8.46. The molecule has 0 spiro atoms. The largest absolute Gasteiger partial charge is 0.228 e. The molecule has 0 aliphatic heterocycles. The van der Waals surface area contributed by atoms with Crippen LogP contribution in [0.4, 0.5) is 0 Å². The van der Waals surface area contributed by atoms with E-state index in [2.05, 4.69) is 129 Å². The van der Waals surface area contributed by atoms with Crippen LogP contribution in [0.25, 0.3) is 89.9 Å². The third-order valence-corrected chi connectivity index (χ3v) is 11.6. The highest BCUT2D eigenvalue weighted by molar-refractivity contribution is 5.94. The summed E-state index contributed by atoms with van der Waals surface area (Å²) < 4.78 is 1.91. The van der Waals surface area contributed by atoms with E-state index in [9.17, 15) is 0 Å². The summed E-state index contributed by atoms with van der Waals surface area (Å²) in [4.78, 5) is 25.0. The summed E-state index contributed by atoms with van der Waals surface area (Å²) >= 11 is 0. The number of hydrogen-bond acceptors (Lipinski definition) is 6. The minimum absolute atomic E-state index is 0.125. The SMILES string of the molecule is CC1(C)c2ccccc2-c2ccc(-c3nc4ccccc4c4nc(-c5ccc(-c6ccc(-c7nc(C8=CCCC=C8)nc(-c8ccccc8)n7)cc6)cc5)nn34)cc21. The van der Waals surface area contributed by atoms with Gasteiger partial charge in [-0.1, -0.05) is 159 Å². The van der Waals surface area contributed by atoms with E-state index in [1.807, 2.05) is 53.0 Å². The van der Waals surface area contributed by atoms with E-state index in [-0.39, 0.29) is 5.41 Å². The van der Waals surface area contributed by atoms with Crippen LogP contribution in [0.1, 0.15) is 43.6 Å². The number of rotatable bonds is 6. The minimum atomic E-state index is -0.125. The molecule has 7 heteroatoms. The number of benzene rings is 6. The van der Waals surface area contributed by atoms with Crippen LogP contribution < -0.4 is 0 Å². The van der Waals surface area contributed by atoms with Gasteiger partial charge in [-0.05, 0) is 64.4 Å². The normalized spacial score (nSPS) is 14.1. The van der Waals surface area contributed by atoms with Crippen LogP contribution in [0, 0.1) is 0 Å². The van der Waals surface area contributed by atoms with Gasteiger partial charge in [-0.2, -0.15) is 4.52 Å². The lowest BCUT2D eigenvalue weighted by Crippen LogP contribution is -2.15. The van der Waals surface area contributed by atoms with Gasteiger partial charge in [-0.25, -0.2) is 24.9 Å². The summed E-state index contributed by atoms with van der Waals surface area (Å²) in [6.45, 7) is 4.60. The van der Waals surface area contributed by atoms with Crippen molar-refractivity contribution in [2.45, 2.75) is 32.1 Å². The number of nitrogens with zero attached hydrogens (tertiary/aromatic N) is 7. The maximum absolute atomic E-state index is 5.18. The number of fused-ring (bicyclic) bond motifs is 6. The van der Waals surface area contributed by atoms with Crippen LogP contribution in [0.2, 0.25) is 0 Å². The summed E-state index contributed by atoms with van der Waals surface area (Å²) in [5.74, 6) is 3.43. The highest BCUT2D eigenvalue weighted by Gasteiger charge is 2.35. The van der Waals surface area contributed by atoms with Crippen LogP contribution in [0.3, 0.4) is 0 Å². The average Bonchev–Trinajstić information content (AvgIpc) is 3.84. The molecule has 0 amide bonds. The van der Waals surface area contributed by atoms with Crippen molar-refractivity contribution < 1.29 is 0 Å². The minimum Gasteiger partial charge on any atom is -0.228 e. The summed E-state index contributed by atoms with van der Waals surface area (Å²) in [6, 6.07) is 50.6. The summed E-state index contributed by atoms with van der Waals surface area (Å²) in [6.07, 6.45) is 8.50. The van der Waals surface area contributed by atoms with Crippen LogP contribution in [-0.4, -0.2) is 34.5 Å². The second-order valence-corrected chi connectivity index (χ2v) is 15.5. The zero-order valence-electron chi connectivity index (χ0n) is 32.1. The molecule has 6 aromatic carbocycles. The molecular weight excluding hydrogens is 711 g/mol. The molecule has 9 aromatic rings. The summed E-state index contributed by atoms with van der Waals surface area (Å²) in [5.41, 5.74) is 13.8. The number of hydrogen-bond donors (Lipinski definition) is 0. The Morgan fingerprint density at radius 2 is 1.09 bits per heavy atom. The van der Waals surface area contributed by atoms with Gasteiger partial charge in [-0.3, -0.25) is 0 Å². The lowest BCUT2D eigenvalue weighted by molar-refractivity contribution is 0.660. The summed E-state index contributed by atoms with van der Waals surface area (Å²) in [5, 5.41) is 6.07. The van der Waals surface area contributed by atoms with Crippen molar-refractivity contribution in [3.05, 3.63) is 181 Å². The third-order valence-electron chi connectivity index (χ3n) is 11.6. The van der Waals surface area contributed by atoms with Crippen molar-refractivity contribution in [2.24, 2.45) is 0 Å². The summed E-state index contributed by atoms with van der Waals surface area (Å²) in [7, 11) is 0. The van der Waals surface area contributed by atoms with Gasteiger partial charge in [0.15, 0.2) is 34.8 Å². The smallest absolute Gasteiger partial charge is 0.182 e. The van der Waals surface area contributed by atoms with Crippen molar-refractivity contribution in [1.82, 2.24) is 34.5 Å². The maximum atomic E-state index is 5.18. The predicted molar refractivity (Wildman–Crippen MR) is 233 cm³/mol. The first-order valence-corrected chi connectivity index (χ1v) is 19.8. The van der Waals surface area contributed by atoms with Gasteiger partial charge < -0.3 is 0 Å². The standard InChI is InChI=1S/C51H37N7/c1-51(2)42-19-11-9-17-39(42)40-30-29-38(31-43(40)51)49-52-44-20-12-10-18-41(44)50-56-48(57-58(49)50)37-27-23-33(24-28-37)32-21-25-36(26-22-32)47-54-45(34-13-5-3-6-14-34)53-46(55-47)35-15-7-4-8-16-35/h3,5-7,9-31H,4,8H2,1-2H3. The maximum Gasteiger partial charge on any atom is 0.182 e. The van der Waals surface area contributed by atoms with Crippen LogP contribution in [-0.2, 0) is 5.41 Å². The highest BCUT2D eigenvalue weighted by atomic mass is 15.3. The molecule has 0 N–H and O–H groups in total. The Morgan fingerprint density at radius 1 is 0.483 bits per heavy atom. The second kappa shape index (κ2) is 13.4. The monoisotopic (exact) mass is 747 g/mol. The Bertz CT molecular complexity index is 3120. The molecule has 2 aliphatic carbocycles. The molecule has 58 heavy (non-hydrogen) atoms. The third kappa shape index (κ3) is 5.66. The molecule has 0 unspecified atom stereocenters. The van der Waals surface area contributed by atoms with E-state index in [1.165, 1.54) is 22.3 Å². The quantitative estimate of drug-likeness (QED) is 0.168. The number of para-hydroxylation sites is 1. The molecule has 0 atom stereocenters. The average molecular weight is 748 g/mol. The zero-order valence-corrected chi connectivity index (χ0v) is 32.1.